The lowest BCUT2D eigenvalue weighted by Gasteiger charge is -2.31. The molecule has 20 heavy (non-hydrogen) atoms. The van der Waals surface area contributed by atoms with E-state index in [-0.39, 0.29) is 28.0 Å². The number of rotatable bonds is 3. The quantitative estimate of drug-likeness (QED) is 0.770. The minimum atomic E-state index is -4.42. The van der Waals surface area contributed by atoms with Crippen LogP contribution in [0.5, 0.6) is 0 Å². The molecule has 0 N–H and O–H groups in total. The van der Waals surface area contributed by atoms with Crippen molar-refractivity contribution in [2.75, 3.05) is 0 Å². The number of halogens is 4. The number of carbonyl (C=O) groups is 1. The third kappa shape index (κ3) is 3.75. The second kappa shape index (κ2) is 6.16. The molecule has 0 spiro atoms. The van der Waals surface area contributed by atoms with Crippen LogP contribution in [0.25, 0.3) is 0 Å². The molecule has 0 bridgehead atoms. The Morgan fingerprint density at radius 1 is 1.15 bits per heavy atom. The monoisotopic (exact) mass is 351 g/mol. The van der Waals surface area contributed by atoms with Gasteiger partial charge in [-0.05, 0) is 61.8 Å². The second-order valence-electron chi connectivity index (χ2n) is 5.09. The van der Waals surface area contributed by atoms with Gasteiger partial charge in [-0.2, -0.15) is 13.2 Å². The van der Waals surface area contributed by atoms with Crippen LogP contribution in [-0.4, -0.2) is 22.9 Å². The fourth-order valence-corrected chi connectivity index (χ4v) is 2.62. The molecule has 112 valence electrons. The molecule has 1 aromatic rings. The summed E-state index contributed by atoms with van der Waals surface area (Å²) in [5.74, 6) is -0.282. The number of nitrogens with zero attached hydrogens (tertiary/aromatic N) is 1. The van der Waals surface area contributed by atoms with Crippen LogP contribution >= 0.6 is 15.9 Å². The Bertz CT molecular complexity index is 490. The third-order valence-corrected chi connectivity index (χ3v) is 3.53. The van der Waals surface area contributed by atoms with E-state index < -0.39 is 11.7 Å². The molecule has 1 aromatic carbocycles. The first-order chi connectivity index (χ1) is 9.05. The molecule has 0 aliphatic carbocycles. The van der Waals surface area contributed by atoms with Crippen molar-refractivity contribution in [3.8, 4) is 0 Å². The molecule has 0 aromatic heterocycles. The van der Waals surface area contributed by atoms with E-state index in [1.165, 1.54) is 6.07 Å². The zero-order chi connectivity index (χ0) is 15.7. The van der Waals surface area contributed by atoms with Gasteiger partial charge in [-0.3, -0.25) is 4.79 Å². The van der Waals surface area contributed by atoms with Crippen LogP contribution in [0.15, 0.2) is 22.7 Å². The van der Waals surface area contributed by atoms with Gasteiger partial charge in [0.2, 0.25) is 0 Å². The first-order valence-electron chi connectivity index (χ1n) is 6.25. The van der Waals surface area contributed by atoms with Crippen molar-refractivity contribution in [2.24, 2.45) is 0 Å². The zero-order valence-electron chi connectivity index (χ0n) is 11.8. The summed E-state index contributed by atoms with van der Waals surface area (Å²) in [4.78, 5) is 14.1. The Kier molecular flexibility index (Phi) is 5.24. The summed E-state index contributed by atoms with van der Waals surface area (Å²) in [5, 5.41) is 0. The standard InChI is InChI=1S/C14H17BrF3NO/c1-8(2)19(9(3)4)13(20)11-6-5-10(7-12(11)15)14(16,17)18/h5-9H,1-4H3. The molecular weight excluding hydrogens is 335 g/mol. The molecule has 0 aliphatic heterocycles. The van der Waals surface area contributed by atoms with E-state index >= 15 is 0 Å². The van der Waals surface area contributed by atoms with E-state index in [1.54, 1.807) is 4.90 Å². The van der Waals surface area contributed by atoms with Crippen molar-refractivity contribution in [3.63, 3.8) is 0 Å². The summed E-state index contributed by atoms with van der Waals surface area (Å²) in [7, 11) is 0. The molecule has 6 heteroatoms. The molecule has 2 nitrogen and oxygen atoms in total. The van der Waals surface area contributed by atoms with Crippen LogP contribution < -0.4 is 0 Å². The van der Waals surface area contributed by atoms with Crippen LogP contribution in [0.1, 0.15) is 43.6 Å². The van der Waals surface area contributed by atoms with Crippen LogP contribution in [0, 0.1) is 0 Å². The predicted molar refractivity (Wildman–Crippen MR) is 75.6 cm³/mol. The van der Waals surface area contributed by atoms with E-state index in [2.05, 4.69) is 15.9 Å². The van der Waals surface area contributed by atoms with Gasteiger partial charge in [0.15, 0.2) is 0 Å². The maximum absolute atomic E-state index is 12.6. The Balaban J connectivity index is 3.18. The second-order valence-corrected chi connectivity index (χ2v) is 5.95. The first-order valence-corrected chi connectivity index (χ1v) is 7.04. The Morgan fingerprint density at radius 2 is 1.65 bits per heavy atom. The largest absolute Gasteiger partial charge is 0.416 e. The minimum absolute atomic E-state index is 0.0308. The van der Waals surface area contributed by atoms with Crippen LogP contribution in [0.2, 0.25) is 0 Å². The average molecular weight is 352 g/mol. The minimum Gasteiger partial charge on any atom is -0.334 e. The van der Waals surface area contributed by atoms with E-state index in [9.17, 15) is 18.0 Å². The highest BCUT2D eigenvalue weighted by atomic mass is 79.9. The van der Waals surface area contributed by atoms with Gasteiger partial charge in [-0.1, -0.05) is 0 Å². The Hall–Kier alpha value is -1.04. The molecule has 0 heterocycles. The lowest BCUT2D eigenvalue weighted by Crippen LogP contribution is -2.42. The van der Waals surface area contributed by atoms with Gasteiger partial charge in [0, 0.05) is 16.6 Å². The number of amides is 1. The van der Waals surface area contributed by atoms with Crippen molar-refractivity contribution in [2.45, 2.75) is 46.0 Å². The van der Waals surface area contributed by atoms with Gasteiger partial charge < -0.3 is 4.90 Å². The van der Waals surface area contributed by atoms with E-state index in [4.69, 9.17) is 0 Å². The van der Waals surface area contributed by atoms with Crippen molar-refractivity contribution in [1.29, 1.82) is 0 Å². The number of benzene rings is 1. The van der Waals surface area contributed by atoms with Crippen molar-refractivity contribution >= 4 is 21.8 Å². The van der Waals surface area contributed by atoms with E-state index in [0.717, 1.165) is 12.1 Å². The summed E-state index contributed by atoms with van der Waals surface area (Å²) >= 11 is 3.06. The molecule has 0 saturated heterocycles. The lowest BCUT2D eigenvalue weighted by molar-refractivity contribution is -0.137. The van der Waals surface area contributed by atoms with Gasteiger partial charge >= 0.3 is 6.18 Å². The highest BCUT2D eigenvalue weighted by Gasteiger charge is 2.32. The topological polar surface area (TPSA) is 20.3 Å². The number of hydrogen-bond donors (Lipinski definition) is 0. The van der Waals surface area contributed by atoms with Crippen molar-refractivity contribution < 1.29 is 18.0 Å². The van der Waals surface area contributed by atoms with Gasteiger partial charge in [-0.15, -0.1) is 0 Å². The summed E-state index contributed by atoms with van der Waals surface area (Å²) in [6, 6.07) is 3.02. The normalized spacial score (nSPS) is 12.1. The van der Waals surface area contributed by atoms with Gasteiger partial charge in [0.1, 0.15) is 0 Å². The number of hydrogen-bond acceptors (Lipinski definition) is 1. The summed E-state index contributed by atoms with van der Waals surface area (Å²) in [6.45, 7) is 7.48. The van der Waals surface area contributed by atoms with Crippen LogP contribution in [0.3, 0.4) is 0 Å². The van der Waals surface area contributed by atoms with Crippen molar-refractivity contribution in [3.05, 3.63) is 33.8 Å². The van der Waals surface area contributed by atoms with Gasteiger partial charge in [0.25, 0.3) is 5.91 Å². The smallest absolute Gasteiger partial charge is 0.334 e. The van der Waals surface area contributed by atoms with E-state index in [0.29, 0.717) is 0 Å². The molecule has 0 aliphatic rings. The molecular formula is C14H17BrF3NO. The first kappa shape index (κ1) is 17.0. The SMILES string of the molecule is CC(C)N(C(=O)c1ccc(C(F)(F)F)cc1Br)C(C)C. The zero-order valence-corrected chi connectivity index (χ0v) is 13.3. The molecule has 1 amide bonds. The maximum Gasteiger partial charge on any atom is 0.416 e. The maximum atomic E-state index is 12.6. The van der Waals surface area contributed by atoms with Gasteiger partial charge in [-0.25, -0.2) is 0 Å². The third-order valence-electron chi connectivity index (χ3n) is 2.87. The molecule has 0 saturated carbocycles. The van der Waals surface area contributed by atoms with Crippen LogP contribution in [0.4, 0.5) is 13.2 Å². The molecule has 0 fully saturated rings. The van der Waals surface area contributed by atoms with Crippen LogP contribution in [-0.2, 0) is 6.18 Å². The molecule has 1 rings (SSSR count). The highest BCUT2D eigenvalue weighted by molar-refractivity contribution is 9.10. The summed E-state index contributed by atoms with van der Waals surface area (Å²) < 4.78 is 38.0. The van der Waals surface area contributed by atoms with Gasteiger partial charge in [0.05, 0.1) is 11.1 Å². The molecule has 0 unspecified atom stereocenters. The van der Waals surface area contributed by atoms with E-state index in [1.807, 2.05) is 27.7 Å². The summed E-state index contributed by atoms with van der Waals surface area (Å²) in [5.41, 5.74) is -0.540. The molecule has 0 radical (unpaired) electrons. The fourth-order valence-electron chi connectivity index (χ4n) is 2.07. The Morgan fingerprint density at radius 3 is 2.00 bits per heavy atom. The number of alkyl halides is 3. The predicted octanol–water partition coefficient (Wildman–Crippen LogP) is 4.73. The lowest BCUT2D eigenvalue weighted by atomic mass is 10.1. The highest BCUT2D eigenvalue weighted by Crippen LogP contribution is 2.32. The molecule has 0 atom stereocenters. The van der Waals surface area contributed by atoms with Crippen molar-refractivity contribution in [1.82, 2.24) is 4.90 Å². The fraction of sp³-hybridized carbons (Fsp3) is 0.500. The Labute approximate surface area is 125 Å². The number of carbonyl (C=O) groups excluding carboxylic acids is 1. The summed E-state index contributed by atoms with van der Waals surface area (Å²) in [6.07, 6.45) is -4.42. The average Bonchev–Trinajstić information content (AvgIpc) is 2.26.